The molecule has 5 fully saturated rings. The van der Waals surface area contributed by atoms with Crippen molar-refractivity contribution < 1.29 is 49.3 Å². The minimum Gasteiger partial charge on any atom is -0.507 e. The van der Waals surface area contributed by atoms with Crippen LogP contribution in [0.4, 0.5) is 45.5 Å². The molecule has 22 heteroatoms. The summed E-state index contributed by atoms with van der Waals surface area (Å²) in [6.07, 6.45) is 30.9. The van der Waals surface area contributed by atoms with Gasteiger partial charge in [-0.15, -0.1) is 0 Å². The standard InChI is InChI=1S/2C21H27N2.C18H33P.2C17H14.2C13H9ClN2O3.3ClH.2Ru/c2*1-14-9-16(3)20(17(4)10-14)22-7-8-23(13-22)21-18(5)11-15(2)12-19(21)6;1-4-10-16(11-5-1)19(17-12-6-2-7-13-17)18-14-8-3-9-15-18;2*1-12-6-3-4-9-15(12)16-11-10-14-8-5-7-13(2)17(14)16;2*14-11-3-1-2-4-12(11)15-8-9-7-10(16(18)19)5-6-13(9)17;;;;;/h2*9-13H,7-8H2,1-6H3;16-18H,1-15H2;2*3-9,11H,1-2H3;2*1-8,17H;3*1H;;/q2*-1;;;;;;;;;+1;+2/p-2. The van der Waals surface area contributed by atoms with E-state index >= 15 is 0 Å². The van der Waals surface area contributed by atoms with Gasteiger partial charge in [0.25, 0.3) is 11.4 Å². The van der Waals surface area contributed by atoms with Crippen molar-refractivity contribution in [3.63, 3.8) is 0 Å². The van der Waals surface area contributed by atoms with Crippen molar-refractivity contribution >= 4 is 137 Å². The SMILES string of the molecule is C1CCC([PH+](C2CCCCC2)C2CCCCC2)CC1.Cc1cc(C)c(N2[CH-]N(c3c(C)cc(C)cc3C)CC2)c(C)c1.Cc1cc(C)c(N2[CH-]N(c3c(C)cc(C)cc3C)CC2)c(C)c1.Cc1ccccc1C1=C[C](=[Ru]([Cl])[Cl])c2cccc(C)c21.Cc1ccccc1C1=C[C](=[Ru][Cl])c2cccc(C)c21.O=[N+]([O-])c1ccc(O)c(C=Nc2ccccc2Cl)c1.O=[N+]([O-])c1ccc(O)c(C=Nc2ccccc2Cl)c1. The number of aromatic hydroxyl groups is 2. The van der Waals surface area contributed by atoms with E-state index in [1.54, 1.807) is 145 Å². The second kappa shape index (κ2) is 51.6. The predicted octanol–water partition coefficient (Wildman–Crippen LogP) is 33.3. The Kier molecular flexibility index (Phi) is 39.7. The van der Waals surface area contributed by atoms with Crippen LogP contribution in [-0.2, 0) is 29.2 Å². The Labute approximate surface area is 878 Å². The Hall–Kier alpha value is -10.1. The smallest absolute Gasteiger partial charge is 0.270 e. The molecule has 0 bridgehead atoms. The molecule has 0 aromatic heterocycles. The number of hydrogen-bond acceptors (Lipinski definition) is 12. The molecule has 2 N–H and O–H groups in total. The first kappa shape index (κ1) is 109. The molecule has 0 amide bonds. The molecule has 3 saturated carbocycles. The first-order valence-corrected chi connectivity index (χ1v) is 60.3. The molecule has 747 valence electrons. The van der Waals surface area contributed by atoms with Crippen LogP contribution < -0.4 is 19.6 Å². The topological polar surface area (TPSA) is 164 Å². The maximum absolute atomic E-state index is 10.7. The number of phenols is 2. The summed E-state index contributed by atoms with van der Waals surface area (Å²) >= 11 is 9.70. The van der Waals surface area contributed by atoms with Crippen molar-refractivity contribution in [2.75, 3.05) is 45.8 Å². The quantitative estimate of drug-likeness (QED) is 0.0252. The molecule has 12 aromatic rings. The van der Waals surface area contributed by atoms with Gasteiger partial charge in [-0.25, -0.2) is 0 Å². The van der Waals surface area contributed by atoms with Crippen LogP contribution in [-0.4, -0.2) is 83.9 Å². The third kappa shape index (κ3) is 28.0. The molecule has 0 radical (unpaired) electrons. The van der Waals surface area contributed by atoms with E-state index in [1.165, 1.54) is 226 Å². The number of nitro benzene ring substituents is 2. The van der Waals surface area contributed by atoms with Gasteiger partial charge in [0.05, 0.1) is 48.2 Å². The van der Waals surface area contributed by atoms with E-state index in [4.69, 9.17) is 52.3 Å². The number of nitrogens with zero attached hydrogens (tertiary/aromatic N) is 8. The zero-order valence-electron chi connectivity index (χ0n) is 84.6. The summed E-state index contributed by atoms with van der Waals surface area (Å²) in [7, 11) is 18.7. The summed E-state index contributed by atoms with van der Waals surface area (Å²) in [4.78, 5) is 38.0. The molecule has 2 aliphatic heterocycles. The molecule has 2 saturated heterocycles. The third-order valence-corrected chi connectivity index (χ3v) is 37.9. The van der Waals surface area contributed by atoms with Crippen molar-refractivity contribution in [3.05, 3.63) is 408 Å². The van der Waals surface area contributed by atoms with Gasteiger partial charge in [-0.1, -0.05) is 138 Å². The molecule has 0 atom stereocenters. The number of nitro groups is 2. The molecular weight excluding hydrogens is 2060 g/mol. The molecule has 12 aromatic carbocycles. The van der Waals surface area contributed by atoms with E-state index in [0.29, 0.717) is 21.4 Å². The van der Waals surface area contributed by atoms with E-state index in [2.05, 4.69) is 299 Å². The number of para-hydroxylation sites is 2. The van der Waals surface area contributed by atoms with Gasteiger partial charge in [-0.05, 0) is 241 Å². The van der Waals surface area contributed by atoms with E-state index in [-0.39, 0.29) is 57.6 Å². The van der Waals surface area contributed by atoms with Gasteiger partial charge in [0.15, 0.2) is 0 Å². The number of benzene rings is 12. The number of non-ortho nitro benzene ring substituents is 2. The zero-order valence-corrected chi connectivity index (χ0v) is 92.9. The number of allylic oxidation sites excluding steroid dienone is 2. The Balaban J connectivity index is 0.000000139. The van der Waals surface area contributed by atoms with Crippen LogP contribution in [0.1, 0.15) is 230 Å². The van der Waals surface area contributed by atoms with Gasteiger partial charge in [-0.2, -0.15) is 13.3 Å². The van der Waals surface area contributed by atoms with E-state index < -0.39 is 23.4 Å². The summed E-state index contributed by atoms with van der Waals surface area (Å²) in [6, 6.07) is 69.4. The number of aryl methyl sites for hydroxylation is 16. The molecular formula is C120H134Cl5N8O6PRu2-. The van der Waals surface area contributed by atoms with Crippen LogP contribution in [0.5, 0.6) is 11.5 Å². The van der Waals surface area contributed by atoms with Gasteiger partial charge in [-0.3, -0.25) is 30.2 Å². The van der Waals surface area contributed by atoms with Gasteiger partial charge in [0.2, 0.25) is 0 Å². The van der Waals surface area contributed by atoms with Gasteiger partial charge in [0, 0.05) is 105 Å². The van der Waals surface area contributed by atoms with E-state index in [1.807, 2.05) is 0 Å². The van der Waals surface area contributed by atoms with Gasteiger partial charge in [0.1, 0.15) is 11.5 Å². The molecule has 14 nitrogen and oxygen atoms in total. The zero-order chi connectivity index (χ0) is 102. The maximum atomic E-state index is 10.7. The monoisotopic (exact) mass is 2190 g/mol. The van der Waals surface area contributed by atoms with Crippen LogP contribution in [0.3, 0.4) is 0 Å². The van der Waals surface area contributed by atoms with Crippen LogP contribution >= 0.6 is 60.2 Å². The Bertz CT molecular complexity index is 6240. The summed E-state index contributed by atoms with van der Waals surface area (Å²) in [5.41, 5.74) is 42.2. The molecule has 2 heterocycles. The number of anilines is 4. The van der Waals surface area contributed by atoms with Crippen LogP contribution in [0.15, 0.2) is 241 Å². The molecule has 0 unspecified atom stereocenters. The minimum absolute atomic E-state index is 0.0465. The van der Waals surface area contributed by atoms with Crippen LogP contribution in [0.2, 0.25) is 10.0 Å². The molecule has 142 heavy (non-hydrogen) atoms. The predicted molar refractivity (Wildman–Crippen MR) is 601 cm³/mol. The van der Waals surface area contributed by atoms with Crippen LogP contribution in [0, 0.1) is 144 Å². The Morgan fingerprint density at radius 2 is 0.669 bits per heavy atom. The first-order valence-electron chi connectivity index (χ1n) is 49.4. The summed E-state index contributed by atoms with van der Waals surface area (Å²) in [6.45, 7) is 43.8. The minimum atomic E-state index is -1.92. The summed E-state index contributed by atoms with van der Waals surface area (Å²) in [5, 5.41) is 41.5. The number of rotatable bonds is 15. The second-order valence-electron chi connectivity index (χ2n) is 38.6. The van der Waals surface area contributed by atoms with E-state index in [0.717, 1.165) is 30.3 Å². The van der Waals surface area contributed by atoms with Crippen molar-refractivity contribution in [1.29, 1.82) is 0 Å². The number of aliphatic imine (C=N–C) groups is 2. The number of hydrogen-bond donors (Lipinski definition) is 2. The molecule has 0 spiro atoms. The van der Waals surface area contributed by atoms with Gasteiger partial charge >= 0.3 is 258 Å². The Morgan fingerprint density at radius 3 is 0.986 bits per heavy atom. The largest absolute Gasteiger partial charge is 0.507 e. The number of halogens is 5. The molecule has 19 rings (SSSR count). The fourth-order valence-electron chi connectivity index (χ4n) is 21.7. The second-order valence-corrected chi connectivity index (χ2v) is 50.7. The average molecular weight is 2190 g/mol. The van der Waals surface area contributed by atoms with Crippen molar-refractivity contribution in [2.45, 2.75) is 224 Å². The van der Waals surface area contributed by atoms with Crippen molar-refractivity contribution in [1.82, 2.24) is 0 Å². The Morgan fingerprint density at radius 1 is 0.373 bits per heavy atom. The fraction of sp³-hybridized carbons (Fsp3) is 0.317. The van der Waals surface area contributed by atoms with E-state index in [9.17, 15) is 30.4 Å². The fourth-order valence-corrected chi connectivity index (χ4v) is 31.3. The first-order chi connectivity index (χ1) is 68.1. The number of fused-ring (bicyclic) bond motifs is 2. The van der Waals surface area contributed by atoms with Crippen molar-refractivity contribution in [3.8, 4) is 11.5 Å². The average Bonchev–Trinajstić information content (AvgIpc) is 1.62. The maximum Gasteiger partial charge on any atom is 0.270 e. The van der Waals surface area contributed by atoms with Crippen molar-refractivity contribution in [2.24, 2.45) is 9.98 Å². The third-order valence-electron chi connectivity index (χ3n) is 27.7. The summed E-state index contributed by atoms with van der Waals surface area (Å²) < 4.78 is 2.45. The van der Waals surface area contributed by atoms with Crippen LogP contribution in [0.25, 0.3) is 11.1 Å². The summed E-state index contributed by atoms with van der Waals surface area (Å²) in [5.74, 6) is -0.164. The number of phenolic OH excluding ortho intramolecular Hbond substituents is 2. The molecule has 5 aliphatic carbocycles. The van der Waals surface area contributed by atoms with Gasteiger partial charge < -0.3 is 29.8 Å². The normalized spacial score (nSPS) is 15.6. The molecule has 7 aliphatic rings.